The van der Waals surface area contributed by atoms with Crippen LogP contribution in [0.3, 0.4) is 0 Å². The Hall–Kier alpha value is -0.930. The summed E-state index contributed by atoms with van der Waals surface area (Å²) in [5, 5.41) is 7.40. The van der Waals surface area contributed by atoms with Crippen LogP contribution in [0.25, 0.3) is 0 Å². The second-order valence-corrected chi connectivity index (χ2v) is 4.82. The van der Waals surface area contributed by atoms with E-state index in [4.69, 9.17) is 16.3 Å². The Morgan fingerprint density at radius 1 is 1.53 bits per heavy atom. The van der Waals surface area contributed by atoms with Gasteiger partial charge in [-0.1, -0.05) is 11.6 Å². The van der Waals surface area contributed by atoms with Crippen LogP contribution in [0, 0.1) is 0 Å². The van der Waals surface area contributed by atoms with Crippen molar-refractivity contribution in [2.45, 2.75) is 25.3 Å². The first-order valence-electron chi connectivity index (χ1n) is 6.02. The van der Waals surface area contributed by atoms with Crippen LogP contribution in [0.5, 0.6) is 5.75 Å². The van der Waals surface area contributed by atoms with Gasteiger partial charge in [-0.05, 0) is 50.6 Å². The minimum Gasteiger partial charge on any atom is -0.495 e. The van der Waals surface area contributed by atoms with Crippen LogP contribution >= 0.6 is 11.6 Å². The second-order valence-electron chi connectivity index (χ2n) is 4.42. The Morgan fingerprint density at radius 3 is 3.06 bits per heavy atom. The zero-order valence-corrected chi connectivity index (χ0v) is 11.1. The standard InChI is InChI=1S/C13H19ClN2O/c1-15-6-5-10-4-3-9-7-13(17-2)11(14)8-12(9)16-10/h7-8,10,15-16H,3-6H2,1-2H3. The number of benzene rings is 1. The fourth-order valence-corrected chi connectivity index (χ4v) is 2.49. The number of halogens is 1. The summed E-state index contributed by atoms with van der Waals surface area (Å²) in [6.07, 6.45) is 3.39. The average molecular weight is 255 g/mol. The molecule has 17 heavy (non-hydrogen) atoms. The van der Waals surface area contributed by atoms with Crippen LogP contribution in [-0.4, -0.2) is 26.7 Å². The fraction of sp³-hybridized carbons (Fsp3) is 0.538. The number of ether oxygens (including phenoxy) is 1. The molecule has 0 spiro atoms. The normalized spacial score (nSPS) is 18.4. The molecular formula is C13H19ClN2O. The topological polar surface area (TPSA) is 33.3 Å². The Balaban J connectivity index is 2.12. The van der Waals surface area contributed by atoms with Crippen LogP contribution in [0.1, 0.15) is 18.4 Å². The molecule has 0 saturated carbocycles. The summed E-state index contributed by atoms with van der Waals surface area (Å²) < 4.78 is 5.23. The summed E-state index contributed by atoms with van der Waals surface area (Å²) in [5.74, 6) is 0.765. The predicted octanol–water partition coefficient (Wildman–Crippen LogP) is 2.68. The van der Waals surface area contributed by atoms with Gasteiger partial charge in [-0.15, -0.1) is 0 Å². The monoisotopic (exact) mass is 254 g/mol. The molecule has 4 heteroatoms. The molecule has 2 N–H and O–H groups in total. The van der Waals surface area contributed by atoms with Crippen molar-refractivity contribution >= 4 is 17.3 Å². The molecule has 1 aliphatic rings. The van der Waals surface area contributed by atoms with Gasteiger partial charge in [0.05, 0.1) is 12.1 Å². The predicted molar refractivity (Wildman–Crippen MR) is 72.3 cm³/mol. The molecule has 1 heterocycles. The van der Waals surface area contributed by atoms with E-state index in [0.717, 1.165) is 30.8 Å². The third-order valence-electron chi connectivity index (χ3n) is 3.24. The van der Waals surface area contributed by atoms with Gasteiger partial charge in [-0.2, -0.15) is 0 Å². The lowest BCUT2D eigenvalue weighted by Gasteiger charge is -2.27. The van der Waals surface area contributed by atoms with Gasteiger partial charge in [0.25, 0.3) is 0 Å². The molecular weight excluding hydrogens is 236 g/mol. The summed E-state index contributed by atoms with van der Waals surface area (Å²) >= 11 is 6.14. The number of fused-ring (bicyclic) bond motifs is 1. The van der Waals surface area contributed by atoms with Crippen molar-refractivity contribution in [1.82, 2.24) is 5.32 Å². The zero-order valence-electron chi connectivity index (χ0n) is 10.3. The Bertz CT molecular complexity index is 395. The molecule has 0 saturated heterocycles. The molecule has 0 amide bonds. The van der Waals surface area contributed by atoms with Crippen molar-refractivity contribution in [2.24, 2.45) is 0 Å². The summed E-state index contributed by atoms with van der Waals surface area (Å²) in [4.78, 5) is 0. The van der Waals surface area contributed by atoms with Gasteiger partial charge in [0, 0.05) is 11.7 Å². The quantitative estimate of drug-likeness (QED) is 0.867. The highest BCUT2D eigenvalue weighted by atomic mass is 35.5. The van der Waals surface area contributed by atoms with Crippen molar-refractivity contribution in [1.29, 1.82) is 0 Å². The first-order valence-corrected chi connectivity index (χ1v) is 6.40. The van der Waals surface area contributed by atoms with Crippen molar-refractivity contribution in [3.8, 4) is 5.75 Å². The summed E-state index contributed by atoms with van der Waals surface area (Å²) in [6.45, 7) is 1.04. The highest BCUT2D eigenvalue weighted by molar-refractivity contribution is 6.32. The Kier molecular flexibility index (Phi) is 4.13. The lowest BCUT2D eigenvalue weighted by molar-refractivity contribution is 0.414. The number of hydrogen-bond acceptors (Lipinski definition) is 3. The summed E-state index contributed by atoms with van der Waals surface area (Å²) in [6, 6.07) is 4.56. The van der Waals surface area contributed by atoms with Crippen LogP contribution < -0.4 is 15.4 Å². The molecule has 2 rings (SSSR count). The third kappa shape index (κ3) is 2.85. The van der Waals surface area contributed by atoms with Crippen LogP contribution in [0.2, 0.25) is 5.02 Å². The number of methoxy groups -OCH3 is 1. The van der Waals surface area contributed by atoms with Crippen LogP contribution in [-0.2, 0) is 6.42 Å². The van der Waals surface area contributed by atoms with Gasteiger partial charge >= 0.3 is 0 Å². The van der Waals surface area contributed by atoms with E-state index in [-0.39, 0.29) is 0 Å². The van der Waals surface area contributed by atoms with Gasteiger partial charge in [0.1, 0.15) is 5.75 Å². The van der Waals surface area contributed by atoms with Gasteiger partial charge < -0.3 is 15.4 Å². The highest BCUT2D eigenvalue weighted by Gasteiger charge is 2.19. The number of aryl methyl sites for hydroxylation is 1. The minimum atomic E-state index is 0.541. The molecule has 1 unspecified atom stereocenters. The molecule has 94 valence electrons. The third-order valence-corrected chi connectivity index (χ3v) is 3.54. The van der Waals surface area contributed by atoms with E-state index in [1.165, 1.54) is 12.0 Å². The minimum absolute atomic E-state index is 0.541. The van der Waals surface area contributed by atoms with Crippen LogP contribution in [0.4, 0.5) is 5.69 Å². The van der Waals surface area contributed by atoms with E-state index in [1.807, 2.05) is 19.2 Å². The average Bonchev–Trinajstić information content (AvgIpc) is 2.35. The number of rotatable bonds is 4. The first-order chi connectivity index (χ1) is 8.24. The zero-order chi connectivity index (χ0) is 12.3. The molecule has 1 aliphatic heterocycles. The van der Waals surface area contributed by atoms with E-state index in [0.29, 0.717) is 11.1 Å². The summed E-state index contributed by atoms with van der Waals surface area (Å²) in [5.41, 5.74) is 2.45. The molecule has 1 aromatic rings. The van der Waals surface area contributed by atoms with Gasteiger partial charge in [0.2, 0.25) is 0 Å². The maximum absolute atomic E-state index is 6.14. The Labute approximate surface area is 107 Å². The molecule has 0 radical (unpaired) electrons. The number of anilines is 1. The molecule has 0 fully saturated rings. The van der Waals surface area contributed by atoms with Crippen molar-refractivity contribution in [2.75, 3.05) is 26.0 Å². The van der Waals surface area contributed by atoms with Crippen molar-refractivity contribution in [3.63, 3.8) is 0 Å². The molecule has 0 aromatic heterocycles. The lowest BCUT2D eigenvalue weighted by atomic mass is 9.96. The van der Waals surface area contributed by atoms with Crippen LogP contribution in [0.15, 0.2) is 12.1 Å². The van der Waals surface area contributed by atoms with Gasteiger partial charge in [0.15, 0.2) is 0 Å². The molecule has 0 bridgehead atoms. The van der Waals surface area contributed by atoms with E-state index in [1.54, 1.807) is 7.11 Å². The van der Waals surface area contributed by atoms with E-state index in [2.05, 4.69) is 10.6 Å². The largest absolute Gasteiger partial charge is 0.495 e. The fourth-order valence-electron chi connectivity index (χ4n) is 2.25. The maximum atomic E-state index is 6.14. The Morgan fingerprint density at radius 2 is 2.35 bits per heavy atom. The van der Waals surface area contributed by atoms with Crippen molar-refractivity contribution < 1.29 is 4.74 Å². The van der Waals surface area contributed by atoms with Gasteiger partial charge in [-0.25, -0.2) is 0 Å². The molecule has 1 aromatic carbocycles. The highest BCUT2D eigenvalue weighted by Crippen LogP contribution is 2.35. The molecule has 0 aliphatic carbocycles. The van der Waals surface area contributed by atoms with E-state index in [9.17, 15) is 0 Å². The van der Waals surface area contributed by atoms with E-state index < -0.39 is 0 Å². The maximum Gasteiger partial charge on any atom is 0.137 e. The number of hydrogen-bond donors (Lipinski definition) is 2. The second kappa shape index (κ2) is 5.61. The first kappa shape index (κ1) is 12.5. The van der Waals surface area contributed by atoms with Gasteiger partial charge in [-0.3, -0.25) is 0 Å². The van der Waals surface area contributed by atoms with E-state index >= 15 is 0 Å². The molecule has 1 atom stereocenters. The number of nitrogens with one attached hydrogen (secondary N) is 2. The lowest BCUT2D eigenvalue weighted by Crippen LogP contribution is -2.28. The molecule has 3 nitrogen and oxygen atoms in total. The smallest absolute Gasteiger partial charge is 0.137 e. The summed E-state index contributed by atoms with van der Waals surface area (Å²) in [7, 11) is 3.64. The SMILES string of the molecule is CNCCC1CCc2cc(OC)c(Cl)cc2N1. The van der Waals surface area contributed by atoms with Crippen molar-refractivity contribution in [3.05, 3.63) is 22.7 Å².